The van der Waals surface area contributed by atoms with Crippen molar-refractivity contribution in [1.82, 2.24) is 14.8 Å². The number of aromatic nitrogens is 3. The van der Waals surface area contributed by atoms with Crippen LogP contribution in [-0.4, -0.2) is 26.8 Å². The fourth-order valence-corrected chi connectivity index (χ4v) is 3.23. The molecule has 0 aliphatic carbocycles. The summed E-state index contributed by atoms with van der Waals surface area (Å²) < 4.78 is 45.4. The Morgan fingerprint density at radius 3 is 2.75 bits per heavy atom. The van der Waals surface area contributed by atoms with Crippen LogP contribution in [0.1, 0.15) is 18.2 Å². The molecule has 0 saturated carbocycles. The van der Waals surface area contributed by atoms with Gasteiger partial charge >= 0.3 is 6.18 Å². The second kappa shape index (κ2) is 7.63. The first-order valence-corrected chi connectivity index (χ1v) is 9.12. The van der Waals surface area contributed by atoms with E-state index in [1.54, 1.807) is 17.1 Å². The van der Waals surface area contributed by atoms with Crippen LogP contribution >= 0.6 is 11.3 Å². The molecule has 1 aromatic carbocycles. The number of amides is 1. The predicted octanol–water partition coefficient (Wildman–Crippen LogP) is 4.28. The predicted molar refractivity (Wildman–Crippen MR) is 99.2 cm³/mol. The van der Waals surface area contributed by atoms with Gasteiger partial charge < -0.3 is 4.74 Å². The molecular weight excluding hydrogens is 393 g/mol. The Labute approximate surface area is 163 Å². The highest BCUT2D eigenvalue weighted by Crippen LogP contribution is 2.31. The number of carbonyl (C=O) groups excluding carboxylic acids is 1. The number of nitrogens with zero attached hydrogens (tertiary/aromatic N) is 3. The molecule has 3 aromatic rings. The second-order valence-electron chi connectivity index (χ2n) is 6.11. The van der Waals surface area contributed by atoms with Gasteiger partial charge in [0.25, 0.3) is 5.91 Å². The Bertz CT molecular complexity index is 997. The van der Waals surface area contributed by atoms with Crippen molar-refractivity contribution in [2.24, 2.45) is 7.05 Å². The van der Waals surface area contributed by atoms with Crippen molar-refractivity contribution in [3.63, 3.8) is 0 Å². The Morgan fingerprint density at radius 1 is 1.36 bits per heavy atom. The van der Waals surface area contributed by atoms with Crippen LogP contribution in [0, 0.1) is 6.92 Å². The van der Waals surface area contributed by atoms with Crippen molar-refractivity contribution < 1.29 is 22.7 Å². The Hall–Kier alpha value is -2.88. The zero-order valence-corrected chi connectivity index (χ0v) is 16.1. The highest BCUT2D eigenvalue weighted by molar-refractivity contribution is 7.14. The highest BCUT2D eigenvalue weighted by Gasteiger charge is 2.31. The van der Waals surface area contributed by atoms with Crippen molar-refractivity contribution in [3.8, 4) is 17.0 Å². The van der Waals surface area contributed by atoms with Crippen LogP contribution in [0.3, 0.4) is 0 Å². The van der Waals surface area contributed by atoms with Crippen LogP contribution in [0.15, 0.2) is 35.8 Å². The summed E-state index contributed by atoms with van der Waals surface area (Å²) in [5.41, 5.74) is 1.51. The number of thiazole rings is 1. The quantitative estimate of drug-likeness (QED) is 0.682. The maximum atomic E-state index is 12.8. The maximum Gasteiger partial charge on any atom is 0.416 e. The van der Waals surface area contributed by atoms with Gasteiger partial charge in [0, 0.05) is 24.2 Å². The van der Waals surface area contributed by atoms with Gasteiger partial charge in [-0.1, -0.05) is 6.07 Å². The number of hydrogen-bond acceptors (Lipinski definition) is 5. The summed E-state index contributed by atoms with van der Waals surface area (Å²) in [5.74, 6) is -0.551. The monoisotopic (exact) mass is 410 g/mol. The van der Waals surface area contributed by atoms with E-state index in [1.807, 2.05) is 13.1 Å². The van der Waals surface area contributed by atoms with Crippen LogP contribution in [-0.2, 0) is 18.0 Å². The minimum absolute atomic E-state index is 0.0386. The van der Waals surface area contributed by atoms with Crippen molar-refractivity contribution in [2.45, 2.75) is 26.1 Å². The normalized spacial score (nSPS) is 12.6. The van der Waals surface area contributed by atoms with Crippen molar-refractivity contribution >= 4 is 22.4 Å². The second-order valence-corrected chi connectivity index (χ2v) is 6.97. The number of hydrogen-bond donors (Lipinski definition) is 1. The highest BCUT2D eigenvalue weighted by atomic mass is 32.1. The topological polar surface area (TPSA) is 69.0 Å². The zero-order chi connectivity index (χ0) is 20.5. The Balaban J connectivity index is 1.66. The lowest BCUT2D eigenvalue weighted by molar-refractivity contribution is -0.137. The molecule has 28 heavy (non-hydrogen) atoms. The summed E-state index contributed by atoms with van der Waals surface area (Å²) in [7, 11) is 1.80. The third kappa shape index (κ3) is 4.50. The van der Waals surface area contributed by atoms with E-state index >= 15 is 0 Å². The molecular formula is C18H17F3N4O2S. The van der Waals surface area contributed by atoms with Gasteiger partial charge in [-0.15, -0.1) is 11.3 Å². The van der Waals surface area contributed by atoms with Crippen LogP contribution in [0.2, 0.25) is 0 Å². The molecule has 2 aromatic heterocycles. The average molecular weight is 410 g/mol. The van der Waals surface area contributed by atoms with Gasteiger partial charge in [-0.05, 0) is 32.0 Å². The standard InChI is InChI=1S/C18H17F3N4O2S/c1-10-14(8-25(3)24-10)15-9-28-17(22-15)23-16(26)11(2)27-13-6-4-5-12(7-13)18(19,20)21/h4-9,11H,1-3H3,(H,22,23,26). The summed E-state index contributed by atoms with van der Waals surface area (Å²) in [5, 5.41) is 9.02. The lowest BCUT2D eigenvalue weighted by atomic mass is 10.2. The smallest absolute Gasteiger partial charge is 0.416 e. The summed E-state index contributed by atoms with van der Waals surface area (Å²) in [4.78, 5) is 16.7. The van der Waals surface area contributed by atoms with Gasteiger partial charge in [0.15, 0.2) is 11.2 Å². The fourth-order valence-electron chi connectivity index (χ4n) is 2.52. The molecule has 1 amide bonds. The molecule has 0 radical (unpaired) electrons. The third-order valence-electron chi connectivity index (χ3n) is 3.87. The van der Waals surface area contributed by atoms with Crippen molar-refractivity contribution in [2.75, 3.05) is 5.32 Å². The first kappa shape index (κ1) is 19.9. The number of rotatable bonds is 5. The van der Waals surface area contributed by atoms with Crippen LogP contribution in [0.4, 0.5) is 18.3 Å². The van der Waals surface area contributed by atoms with Crippen molar-refractivity contribution in [1.29, 1.82) is 0 Å². The molecule has 6 nitrogen and oxygen atoms in total. The summed E-state index contributed by atoms with van der Waals surface area (Å²) in [6, 6.07) is 4.39. The van der Waals surface area contributed by atoms with E-state index in [4.69, 9.17) is 4.74 Å². The first-order chi connectivity index (χ1) is 13.1. The van der Waals surface area contributed by atoms with Gasteiger partial charge in [-0.3, -0.25) is 14.8 Å². The average Bonchev–Trinajstić information content (AvgIpc) is 3.20. The SMILES string of the molecule is Cc1nn(C)cc1-c1csc(NC(=O)C(C)Oc2cccc(C(F)(F)F)c2)n1. The number of nitrogens with one attached hydrogen (secondary N) is 1. The van der Waals surface area contributed by atoms with E-state index in [0.29, 0.717) is 10.8 Å². The molecule has 1 atom stereocenters. The number of anilines is 1. The Kier molecular flexibility index (Phi) is 5.41. The molecule has 1 N–H and O–H groups in total. The maximum absolute atomic E-state index is 12.8. The van der Waals surface area contributed by atoms with E-state index in [-0.39, 0.29) is 5.75 Å². The van der Waals surface area contributed by atoms with Gasteiger partial charge in [-0.25, -0.2) is 4.98 Å². The lowest BCUT2D eigenvalue weighted by Crippen LogP contribution is -2.30. The summed E-state index contributed by atoms with van der Waals surface area (Å²) >= 11 is 1.24. The van der Waals surface area contributed by atoms with Gasteiger partial charge in [0.05, 0.1) is 17.0 Å². The molecule has 3 rings (SSSR count). The molecule has 0 fully saturated rings. The number of halogens is 3. The van der Waals surface area contributed by atoms with Crippen LogP contribution in [0.25, 0.3) is 11.3 Å². The van der Waals surface area contributed by atoms with Gasteiger partial charge in [0.2, 0.25) is 0 Å². The van der Waals surface area contributed by atoms with Crippen LogP contribution < -0.4 is 10.1 Å². The summed E-state index contributed by atoms with van der Waals surface area (Å²) in [6.45, 7) is 3.31. The number of alkyl halides is 3. The third-order valence-corrected chi connectivity index (χ3v) is 4.62. The number of aryl methyl sites for hydroxylation is 2. The van der Waals surface area contributed by atoms with Gasteiger partial charge in [-0.2, -0.15) is 18.3 Å². The van der Waals surface area contributed by atoms with E-state index in [1.165, 1.54) is 30.4 Å². The van der Waals surface area contributed by atoms with E-state index < -0.39 is 23.8 Å². The van der Waals surface area contributed by atoms with E-state index in [2.05, 4.69) is 15.4 Å². The molecule has 0 spiro atoms. The zero-order valence-electron chi connectivity index (χ0n) is 15.2. The number of benzene rings is 1. The van der Waals surface area contributed by atoms with Crippen LogP contribution in [0.5, 0.6) is 5.75 Å². The van der Waals surface area contributed by atoms with Gasteiger partial charge in [0.1, 0.15) is 5.75 Å². The minimum Gasteiger partial charge on any atom is -0.481 e. The fraction of sp³-hybridized carbons (Fsp3) is 0.278. The number of carbonyl (C=O) groups is 1. The minimum atomic E-state index is -4.48. The molecule has 0 aliphatic rings. The molecule has 148 valence electrons. The Morgan fingerprint density at radius 2 is 2.11 bits per heavy atom. The molecule has 2 heterocycles. The molecule has 10 heteroatoms. The molecule has 0 bridgehead atoms. The number of ether oxygens (including phenoxy) is 1. The van der Waals surface area contributed by atoms with Crippen molar-refractivity contribution in [3.05, 3.63) is 47.1 Å². The van der Waals surface area contributed by atoms with E-state index in [0.717, 1.165) is 23.4 Å². The lowest BCUT2D eigenvalue weighted by Gasteiger charge is -2.15. The molecule has 1 unspecified atom stereocenters. The summed E-state index contributed by atoms with van der Waals surface area (Å²) in [6.07, 6.45) is -3.65. The largest absolute Gasteiger partial charge is 0.481 e. The molecule has 0 aliphatic heterocycles. The van der Waals surface area contributed by atoms with E-state index in [9.17, 15) is 18.0 Å². The molecule has 0 saturated heterocycles. The first-order valence-electron chi connectivity index (χ1n) is 8.24.